The first-order valence-electron chi connectivity index (χ1n) is 5.97. The SMILES string of the molecule is CN(c1snc(N)c1-c1ccncc1)C(C)(C)CO. The number of nitrogens with zero attached hydrogens (tertiary/aromatic N) is 3. The topological polar surface area (TPSA) is 75.3 Å². The molecule has 2 aromatic rings. The van der Waals surface area contributed by atoms with Crippen molar-refractivity contribution in [3.05, 3.63) is 24.5 Å². The maximum absolute atomic E-state index is 9.50. The minimum atomic E-state index is -0.374. The Morgan fingerprint density at radius 3 is 2.58 bits per heavy atom. The van der Waals surface area contributed by atoms with Crippen LogP contribution >= 0.6 is 11.5 Å². The predicted molar refractivity (Wildman–Crippen MR) is 79.3 cm³/mol. The van der Waals surface area contributed by atoms with Gasteiger partial charge in [-0.15, -0.1) is 0 Å². The number of hydrogen-bond donors (Lipinski definition) is 2. The van der Waals surface area contributed by atoms with Crippen LogP contribution in [-0.2, 0) is 0 Å². The maximum atomic E-state index is 9.50. The van der Waals surface area contributed by atoms with Gasteiger partial charge in [0, 0.05) is 19.4 Å². The maximum Gasteiger partial charge on any atom is 0.147 e. The van der Waals surface area contributed by atoms with Crippen LogP contribution in [0, 0.1) is 0 Å². The molecule has 5 nitrogen and oxygen atoms in total. The van der Waals surface area contributed by atoms with E-state index in [1.54, 1.807) is 12.4 Å². The van der Waals surface area contributed by atoms with Gasteiger partial charge in [-0.1, -0.05) is 0 Å². The molecule has 0 atom stereocenters. The number of aliphatic hydroxyl groups excluding tert-OH is 1. The van der Waals surface area contributed by atoms with Crippen molar-refractivity contribution in [2.75, 3.05) is 24.3 Å². The molecule has 2 aromatic heterocycles. The van der Waals surface area contributed by atoms with Crippen LogP contribution in [0.2, 0.25) is 0 Å². The van der Waals surface area contributed by atoms with Crippen LogP contribution in [-0.4, -0.2) is 33.7 Å². The fourth-order valence-corrected chi connectivity index (χ4v) is 2.65. The number of aromatic nitrogens is 2. The van der Waals surface area contributed by atoms with Crippen molar-refractivity contribution >= 4 is 22.4 Å². The van der Waals surface area contributed by atoms with Gasteiger partial charge in [0.2, 0.25) is 0 Å². The van der Waals surface area contributed by atoms with E-state index >= 15 is 0 Å². The lowest BCUT2D eigenvalue weighted by Crippen LogP contribution is -2.44. The van der Waals surface area contributed by atoms with E-state index in [1.807, 2.05) is 37.9 Å². The Kier molecular flexibility index (Phi) is 3.73. The van der Waals surface area contributed by atoms with E-state index in [4.69, 9.17) is 5.73 Å². The molecule has 0 radical (unpaired) electrons. The number of nitrogens with two attached hydrogens (primary N) is 1. The van der Waals surface area contributed by atoms with Gasteiger partial charge in [0.1, 0.15) is 10.8 Å². The highest BCUT2D eigenvalue weighted by atomic mass is 32.1. The summed E-state index contributed by atoms with van der Waals surface area (Å²) in [5.74, 6) is 0.506. The Morgan fingerprint density at radius 2 is 2.00 bits per heavy atom. The Labute approximate surface area is 116 Å². The number of aliphatic hydroxyl groups is 1. The molecule has 0 aliphatic carbocycles. The van der Waals surface area contributed by atoms with Crippen molar-refractivity contribution in [3.8, 4) is 11.1 Å². The van der Waals surface area contributed by atoms with Crippen molar-refractivity contribution in [1.29, 1.82) is 0 Å². The third-order valence-electron chi connectivity index (χ3n) is 3.27. The van der Waals surface area contributed by atoms with E-state index in [-0.39, 0.29) is 12.1 Å². The molecular weight excluding hydrogens is 260 g/mol. The molecule has 0 aliphatic heterocycles. The van der Waals surface area contributed by atoms with Crippen molar-refractivity contribution in [3.63, 3.8) is 0 Å². The van der Waals surface area contributed by atoms with Gasteiger partial charge >= 0.3 is 0 Å². The van der Waals surface area contributed by atoms with Gasteiger partial charge in [0.15, 0.2) is 0 Å². The van der Waals surface area contributed by atoms with Crippen molar-refractivity contribution < 1.29 is 5.11 Å². The van der Waals surface area contributed by atoms with E-state index in [2.05, 4.69) is 9.36 Å². The third kappa shape index (κ3) is 2.54. The first-order chi connectivity index (χ1) is 8.97. The average Bonchev–Trinajstić information content (AvgIpc) is 2.80. The zero-order chi connectivity index (χ0) is 14.0. The molecule has 102 valence electrons. The van der Waals surface area contributed by atoms with Crippen molar-refractivity contribution in [1.82, 2.24) is 9.36 Å². The highest BCUT2D eigenvalue weighted by Gasteiger charge is 2.27. The van der Waals surface area contributed by atoms with Gasteiger partial charge in [-0.2, -0.15) is 4.37 Å². The van der Waals surface area contributed by atoms with E-state index in [0.717, 1.165) is 16.1 Å². The van der Waals surface area contributed by atoms with E-state index in [1.165, 1.54) is 11.5 Å². The Hall–Kier alpha value is -1.66. The Balaban J connectivity index is 2.50. The molecule has 19 heavy (non-hydrogen) atoms. The summed E-state index contributed by atoms with van der Waals surface area (Å²) >= 11 is 1.34. The smallest absolute Gasteiger partial charge is 0.147 e. The molecule has 0 aliphatic rings. The molecule has 3 N–H and O–H groups in total. The lowest BCUT2D eigenvalue weighted by atomic mass is 10.0. The molecule has 0 unspecified atom stereocenters. The third-order valence-corrected chi connectivity index (χ3v) is 4.21. The zero-order valence-corrected chi connectivity index (χ0v) is 12.1. The van der Waals surface area contributed by atoms with Gasteiger partial charge < -0.3 is 15.7 Å². The number of nitrogen functional groups attached to an aromatic ring is 1. The van der Waals surface area contributed by atoms with Crippen LogP contribution in [0.1, 0.15) is 13.8 Å². The molecule has 2 rings (SSSR count). The zero-order valence-electron chi connectivity index (χ0n) is 11.3. The second-order valence-electron chi connectivity index (χ2n) is 5.01. The summed E-state index contributed by atoms with van der Waals surface area (Å²) in [5, 5.41) is 10.4. The van der Waals surface area contributed by atoms with Crippen molar-refractivity contribution in [2.24, 2.45) is 0 Å². The number of likely N-dealkylation sites (N-methyl/N-ethyl adjacent to an activating group) is 1. The summed E-state index contributed by atoms with van der Waals surface area (Å²) in [7, 11) is 1.94. The van der Waals surface area contributed by atoms with Crippen LogP contribution in [0.5, 0.6) is 0 Å². The summed E-state index contributed by atoms with van der Waals surface area (Å²) in [4.78, 5) is 6.02. The molecular formula is C13H18N4OS. The fourth-order valence-electron chi connectivity index (χ4n) is 1.69. The lowest BCUT2D eigenvalue weighted by Gasteiger charge is -2.35. The minimum absolute atomic E-state index is 0.0527. The van der Waals surface area contributed by atoms with Gasteiger partial charge in [-0.25, -0.2) is 0 Å². The van der Waals surface area contributed by atoms with Crippen LogP contribution in [0.3, 0.4) is 0 Å². The predicted octanol–water partition coefficient (Wildman–Crippen LogP) is 1.99. The first-order valence-corrected chi connectivity index (χ1v) is 6.75. The van der Waals surface area contributed by atoms with Crippen LogP contribution < -0.4 is 10.6 Å². The normalized spacial score (nSPS) is 11.6. The van der Waals surface area contributed by atoms with Crippen LogP contribution in [0.25, 0.3) is 11.1 Å². The summed E-state index contributed by atoms with van der Waals surface area (Å²) in [6.45, 7) is 4.00. The number of anilines is 2. The van der Waals surface area contributed by atoms with Gasteiger partial charge in [-0.05, 0) is 43.1 Å². The molecule has 0 aromatic carbocycles. The van der Waals surface area contributed by atoms with Crippen LogP contribution in [0.4, 0.5) is 10.8 Å². The first kappa shape index (κ1) is 13.8. The summed E-state index contributed by atoms with van der Waals surface area (Å²) in [5.41, 5.74) is 7.49. The Bertz CT molecular complexity index is 553. The van der Waals surface area contributed by atoms with Gasteiger partial charge in [0.05, 0.1) is 17.7 Å². The standard InChI is InChI=1S/C13H18N4OS/c1-13(2,8-18)17(3)12-10(11(14)16-19-12)9-4-6-15-7-5-9/h4-7,18H,8H2,1-3H3,(H2,14,16). The number of hydrogen-bond acceptors (Lipinski definition) is 6. The second-order valence-corrected chi connectivity index (χ2v) is 5.77. The number of pyridine rings is 1. The molecule has 0 spiro atoms. The molecule has 6 heteroatoms. The lowest BCUT2D eigenvalue weighted by molar-refractivity contribution is 0.217. The van der Waals surface area contributed by atoms with E-state index in [9.17, 15) is 5.11 Å². The summed E-state index contributed by atoms with van der Waals surface area (Å²) < 4.78 is 4.24. The van der Waals surface area contributed by atoms with E-state index < -0.39 is 0 Å². The molecule has 0 bridgehead atoms. The monoisotopic (exact) mass is 278 g/mol. The van der Waals surface area contributed by atoms with Crippen molar-refractivity contribution in [2.45, 2.75) is 19.4 Å². The molecule has 0 saturated carbocycles. The summed E-state index contributed by atoms with van der Waals surface area (Å²) in [6.07, 6.45) is 3.46. The van der Waals surface area contributed by atoms with Gasteiger partial charge in [0.25, 0.3) is 0 Å². The van der Waals surface area contributed by atoms with Crippen LogP contribution in [0.15, 0.2) is 24.5 Å². The summed E-state index contributed by atoms with van der Waals surface area (Å²) in [6, 6.07) is 3.81. The molecule has 2 heterocycles. The molecule has 0 saturated heterocycles. The quantitative estimate of drug-likeness (QED) is 0.894. The number of rotatable bonds is 4. The highest BCUT2D eigenvalue weighted by molar-refractivity contribution is 7.11. The minimum Gasteiger partial charge on any atom is -0.394 e. The fraction of sp³-hybridized carbons (Fsp3) is 0.385. The van der Waals surface area contributed by atoms with E-state index in [0.29, 0.717) is 5.82 Å². The highest BCUT2D eigenvalue weighted by Crippen LogP contribution is 2.40. The Morgan fingerprint density at radius 1 is 1.37 bits per heavy atom. The average molecular weight is 278 g/mol. The van der Waals surface area contributed by atoms with Gasteiger partial charge in [-0.3, -0.25) is 4.98 Å². The largest absolute Gasteiger partial charge is 0.394 e. The molecule has 0 fully saturated rings. The second kappa shape index (κ2) is 5.14. The molecule has 0 amide bonds.